The van der Waals surface area contributed by atoms with Crippen molar-refractivity contribution in [3.63, 3.8) is 0 Å². The van der Waals surface area contributed by atoms with Crippen molar-refractivity contribution in [2.24, 2.45) is 0 Å². The minimum atomic E-state index is -0.842. The van der Waals surface area contributed by atoms with Gasteiger partial charge in [-0.15, -0.1) is 0 Å². The van der Waals surface area contributed by atoms with E-state index >= 15 is 0 Å². The average molecular weight is 346 g/mol. The topological polar surface area (TPSA) is 74.6 Å². The highest BCUT2D eigenvalue weighted by molar-refractivity contribution is 5.75. The van der Waals surface area contributed by atoms with Crippen molar-refractivity contribution in [3.8, 4) is 22.3 Å². The second-order valence-corrected chi connectivity index (χ2v) is 6.12. The standard InChI is InChI=1S/C22H18O4/c23-21(24)12-15-4-8-17(9-5-15)19-2-1-3-20(14-19)18-10-6-16(7-11-18)13-22(25)26/h1-11,14H,12-13H2,(H,23,24)(H,25,26). The summed E-state index contributed by atoms with van der Waals surface area (Å²) in [6.07, 6.45) is 0.0338. The lowest BCUT2D eigenvalue weighted by molar-refractivity contribution is -0.137. The quantitative estimate of drug-likeness (QED) is 0.699. The van der Waals surface area contributed by atoms with Gasteiger partial charge in [0.1, 0.15) is 0 Å². The second-order valence-electron chi connectivity index (χ2n) is 6.12. The summed E-state index contributed by atoms with van der Waals surface area (Å²) in [7, 11) is 0. The molecular formula is C22H18O4. The molecule has 3 rings (SSSR count). The van der Waals surface area contributed by atoms with Gasteiger partial charge in [-0.2, -0.15) is 0 Å². The summed E-state index contributed by atoms with van der Waals surface area (Å²) in [6.45, 7) is 0. The Morgan fingerprint density at radius 3 is 1.31 bits per heavy atom. The molecule has 130 valence electrons. The predicted molar refractivity (Wildman–Crippen MR) is 100.0 cm³/mol. The monoisotopic (exact) mass is 346 g/mol. The van der Waals surface area contributed by atoms with Gasteiger partial charge in [0.05, 0.1) is 12.8 Å². The predicted octanol–water partition coefficient (Wildman–Crippen LogP) is 4.27. The lowest BCUT2D eigenvalue weighted by Crippen LogP contribution is -1.99. The summed E-state index contributed by atoms with van der Waals surface area (Å²) in [5, 5.41) is 17.7. The molecule has 0 aliphatic heterocycles. The Balaban J connectivity index is 1.84. The molecule has 0 saturated carbocycles. The fourth-order valence-corrected chi connectivity index (χ4v) is 2.86. The summed E-state index contributed by atoms with van der Waals surface area (Å²) in [4.78, 5) is 21.6. The highest BCUT2D eigenvalue weighted by atomic mass is 16.4. The Morgan fingerprint density at radius 1 is 0.577 bits per heavy atom. The number of rotatable bonds is 6. The van der Waals surface area contributed by atoms with Gasteiger partial charge in [-0.25, -0.2) is 0 Å². The normalized spacial score (nSPS) is 10.5. The molecule has 4 nitrogen and oxygen atoms in total. The zero-order valence-electron chi connectivity index (χ0n) is 14.1. The molecule has 0 fully saturated rings. The lowest BCUT2D eigenvalue weighted by Gasteiger charge is -2.08. The van der Waals surface area contributed by atoms with Crippen LogP contribution in [0.15, 0.2) is 72.8 Å². The van der Waals surface area contributed by atoms with E-state index in [4.69, 9.17) is 10.2 Å². The summed E-state index contributed by atoms with van der Waals surface area (Å²) in [6, 6.07) is 23.1. The largest absolute Gasteiger partial charge is 0.481 e. The Hall–Kier alpha value is -3.40. The zero-order chi connectivity index (χ0) is 18.5. The lowest BCUT2D eigenvalue weighted by atomic mass is 9.97. The van der Waals surface area contributed by atoms with Gasteiger partial charge in [0.2, 0.25) is 0 Å². The van der Waals surface area contributed by atoms with Crippen molar-refractivity contribution >= 4 is 11.9 Å². The maximum Gasteiger partial charge on any atom is 0.307 e. The van der Waals surface area contributed by atoms with E-state index in [1.54, 1.807) is 0 Å². The van der Waals surface area contributed by atoms with Crippen LogP contribution in [0.25, 0.3) is 22.3 Å². The molecule has 0 amide bonds. The van der Waals surface area contributed by atoms with Gasteiger partial charge in [-0.1, -0.05) is 66.7 Å². The van der Waals surface area contributed by atoms with Crippen molar-refractivity contribution in [2.45, 2.75) is 12.8 Å². The number of benzene rings is 3. The molecule has 3 aromatic rings. The Kier molecular flexibility index (Phi) is 5.13. The first-order valence-corrected chi connectivity index (χ1v) is 8.23. The highest BCUT2D eigenvalue weighted by Gasteiger charge is 2.05. The minimum absolute atomic E-state index is 0.0169. The van der Waals surface area contributed by atoms with Crippen LogP contribution < -0.4 is 0 Å². The van der Waals surface area contributed by atoms with Crippen LogP contribution in [-0.2, 0) is 22.4 Å². The third kappa shape index (κ3) is 4.36. The first kappa shape index (κ1) is 17.4. The maximum absolute atomic E-state index is 10.8. The van der Waals surface area contributed by atoms with Gasteiger partial charge in [0.25, 0.3) is 0 Å². The van der Waals surface area contributed by atoms with Crippen LogP contribution in [0, 0.1) is 0 Å². The summed E-state index contributed by atoms with van der Waals surface area (Å²) < 4.78 is 0. The van der Waals surface area contributed by atoms with E-state index in [2.05, 4.69) is 6.07 Å². The summed E-state index contributed by atoms with van der Waals surface area (Å²) in [5.41, 5.74) is 5.66. The van der Waals surface area contributed by atoms with Gasteiger partial charge in [-0.3, -0.25) is 9.59 Å². The molecule has 0 aromatic heterocycles. The van der Waals surface area contributed by atoms with Crippen LogP contribution in [0.3, 0.4) is 0 Å². The van der Waals surface area contributed by atoms with E-state index in [9.17, 15) is 9.59 Å². The number of carboxylic acid groups (broad SMARTS) is 2. The van der Waals surface area contributed by atoms with Gasteiger partial charge in [0, 0.05) is 0 Å². The number of hydrogen-bond acceptors (Lipinski definition) is 2. The van der Waals surface area contributed by atoms with Gasteiger partial charge in [-0.05, 0) is 39.4 Å². The molecule has 0 heterocycles. The molecule has 0 spiro atoms. The van der Waals surface area contributed by atoms with E-state index in [-0.39, 0.29) is 12.8 Å². The Bertz CT molecular complexity index is 850. The fraction of sp³-hybridized carbons (Fsp3) is 0.0909. The molecule has 0 unspecified atom stereocenters. The molecule has 0 bridgehead atoms. The van der Waals surface area contributed by atoms with Crippen LogP contribution >= 0.6 is 0 Å². The Morgan fingerprint density at radius 2 is 0.962 bits per heavy atom. The van der Waals surface area contributed by atoms with E-state index in [0.29, 0.717) is 0 Å². The van der Waals surface area contributed by atoms with Crippen LogP contribution in [0.4, 0.5) is 0 Å². The molecule has 0 aliphatic rings. The first-order valence-electron chi connectivity index (χ1n) is 8.23. The fourth-order valence-electron chi connectivity index (χ4n) is 2.86. The smallest absolute Gasteiger partial charge is 0.307 e. The highest BCUT2D eigenvalue weighted by Crippen LogP contribution is 2.27. The molecule has 26 heavy (non-hydrogen) atoms. The van der Waals surface area contributed by atoms with E-state index in [1.807, 2.05) is 66.7 Å². The zero-order valence-corrected chi connectivity index (χ0v) is 14.1. The first-order chi connectivity index (χ1) is 12.5. The number of aliphatic carboxylic acids is 2. The second kappa shape index (κ2) is 7.66. The van der Waals surface area contributed by atoms with Crippen molar-refractivity contribution < 1.29 is 19.8 Å². The molecule has 2 N–H and O–H groups in total. The molecule has 0 atom stereocenters. The van der Waals surface area contributed by atoms with Crippen LogP contribution in [0.1, 0.15) is 11.1 Å². The van der Waals surface area contributed by atoms with Gasteiger partial charge >= 0.3 is 11.9 Å². The number of carboxylic acids is 2. The number of carbonyl (C=O) groups is 2. The van der Waals surface area contributed by atoms with Crippen molar-refractivity contribution in [1.29, 1.82) is 0 Å². The Labute approximate surface area is 151 Å². The van der Waals surface area contributed by atoms with Crippen molar-refractivity contribution in [1.82, 2.24) is 0 Å². The molecule has 4 heteroatoms. The summed E-state index contributed by atoms with van der Waals surface area (Å²) in [5.74, 6) is -1.68. The number of hydrogen-bond donors (Lipinski definition) is 2. The van der Waals surface area contributed by atoms with E-state index < -0.39 is 11.9 Å². The van der Waals surface area contributed by atoms with Gasteiger partial charge < -0.3 is 10.2 Å². The molecule has 0 radical (unpaired) electrons. The minimum Gasteiger partial charge on any atom is -0.481 e. The van der Waals surface area contributed by atoms with Crippen molar-refractivity contribution in [3.05, 3.63) is 83.9 Å². The third-order valence-corrected chi connectivity index (χ3v) is 4.15. The molecule has 0 aliphatic carbocycles. The molecule has 3 aromatic carbocycles. The average Bonchev–Trinajstić information content (AvgIpc) is 2.62. The van der Waals surface area contributed by atoms with Crippen molar-refractivity contribution in [2.75, 3.05) is 0 Å². The third-order valence-electron chi connectivity index (χ3n) is 4.15. The van der Waals surface area contributed by atoms with Crippen LogP contribution in [-0.4, -0.2) is 22.2 Å². The maximum atomic E-state index is 10.8. The molecule has 0 saturated heterocycles. The van der Waals surface area contributed by atoms with Crippen LogP contribution in [0.2, 0.25) is 0 Å². The van der Waals surface area contributed by atoms with Gasteiger partial charge in [0.15, 0.2) is 0 Å². The molecular weight excluding hydrogens is 328 g/mol. The van der Waals surface area contributed by atoms with E-state index in [1.165, 1.54) is 0 Å². The SMILES string of the molecule is O=C(O)Cc1ccc(-c2cccc(-c3ccc(CC(=O)O)cc3)c2)cc1. The van der Waals surface area contributed by atoms with Crippen LogP contribution in [0.5, 0.6) is 0 Å². The summed E-state index contributed by atoms with van der Waals surface area (Å²) >= 11 is 0. The van der Waals surface area contributed by atoms with E-state index in [0.717, 1.165) is 33.4 Å².